The summed E-state index contributed by atoms with van der Waals surface area (Å²) in [5.41, 5.74) is 0. The molecule has 4 nitrogen and oxygen atoms in total. The summed E-state index contributed by atoms with van der Waals surface area (Å²) in [4.78, 5) is 0. The van der Waals surface area contributed by atoms with Crippen molar-refractivity contribution < 1.29 is 18.9 Å². The highest BCUT2D eigenvalue weighted by molar-refractivity contribution is 6.17. The zero-order valence-electron chi connectivity index (χ0n) is 8.83. The molecule has 0 aromatic heterocycles. The quantitative estimate of drug-likeness (QED) is 0.319. The van der Waals surface area contributed by atoms with Gasteiger partial charge in [0, 0.05) is 26.5 Å². The Kier molecular flexibility index (Phi) is 11.3. The van der Waals surface area contributed by atoms with Crippen LogP contribution in [0, 0.1) is 0 Å². The Morgan fingerprint density at radius 1 is 0.929 bits per heavy atom. The van der Waals surface area contributed by atoms with E-state index in [1.807, 2.05) is 0 Å². The Labute approximate surface area is 90.4 Å². The van der Waals surface area contributed by atoms with Gasteiger partial charge in [-0.25, -0.2) is 0 Å². The Hall–Kier alpha value is 0.130. The molecule has 0 radical (unpaired) electrons. The van der Waals surface area contributed by atoms with Gasteiger partial charge in [-0.15, -0.1) is 11.6 Å². The van der Waals surface area contributed by atoms with Gasteiger partial charge in [0.1, 0.15) is 0 Å². The van der Waals surface area contributed by atoms with Crippen molar-refractivity contribution in [3.8, 4) is 0 Å². The molecule has 0 heterocycles. The van der Waals surface area contributed by atoms with Crippen LogP contribution in [0.25, 0.3) is 0 Å². The first-order chi connectivity index (χ1) is 6.85. The zero-order valence-corrected chi connectivity index (χ0v) is 9.59. The van der Waals surface area contributed by atoms with Crippen molar-refractivity contribution in [1.82, 2.24) is 0 Å². The minimum absolute atomic E-state index is 0.252. The lowest BCUT2D eigenvalue weighted by molar-refractivity contribution is -0.155. The topological polar surface area (TPSA) is 36.9 Å². The first-order valence-electron chi connectivity index (χ1n) is 4.62. The van der Waals surface area contributed by atoms with Crippen LogP contribution in [0.1, 0.15) is 6.42 Å². The molecule has 0 unspecified atom stereocenters. The maximum absolute atomic E-state index is 5.60. The van der Waals surface area contributed by atoms with Crippen LogP contribution in [-0.2, 0) is 18.9 Å². The van der Waals surface area contributed by atoms with Crippen LogP contribution in [0.4, 0.5) is 0 Å². The summed E-state index contributed by atoms with van der Waals surface area (Å²) in [6, 6.07) is 0. The fourth-order valence-corrected chi connectivity index (χ4v) is 1.01. The lowest BCUT2D eigenvalue weighted by Crippen LogP contribution is -2.22. The summed E-state index contributed by atoms with van der Waals surface area (Å²) >= 11 is 5.60. The summed E-state index contributed by atoms with van der Waals surface area (Å²) in [7, 11) is 3.26. The fraction of sp³-hybridized carbons (Fsp3) is 1.00. The predicted molar refractivity (Wildman–Crippen MR) is 54.8 cm³/mol. The monoisotopic (exact) mass is 226 g/mol. The predicted octanol–water partition coefficient (Wildman–Crippen LogP) is 1.27. The molecule has 0 aliphatic heterocycles. The number of hydrogen-bond donors (Lipinski definition) is 0. The minimum Gasteiger partial charge on any atom is -0.382 e. The van der Waals surface area contributed by atoms with Crippen LogP contribution in [0.2, 0.25) is 0 Å². The van der Waals surface area contributed by atoms with Crippen LogP contribution in [0.3, 0.4) is 0 Å². The van der Waals surface area contributed by atoms with Crippen LogP contribution >= 0.6 is 11.6 Å². The minimum atomic E-state index is -0.252. The van der Waals surface area contributed by atoms with Crippen molar-refractivity contribution in [3.63, 3.8) is 0 Å². The second-order valence-electron chi connectivity index (χ2n) is 2.63. The molecular weight excluding hydrogens is 208 g/mol. The Morgan fingerprint density at radius 3 is 1.79 bits per heavy atom. The van der Waals surface area contributed by atoms with Crippen LogP contribution in [0.5, 0.6) is 0 Å². The molecule has 0 saturated carbocycles. The zero-order chi connectivity index (χ0) is 10.6. The summed E-state index contributed by atoms with van der Waals surface area (Å²) in [6.07, 6.45) is 0.424. The van der Waals surface area contributed by atoms with E-state index in [1.165, 1.54) is 0 Å². The van der Waals surface area contributed by atoms with Gasteiger partial charge in [-0.1, -0.05) is 0 Å². The van der Waals surface area contributed by atoms with Crippen LogP contribution in [-0.4, -0.2) is 52.8 Å². The fourth-order valence-electron chi connectivity index (χ4n) is 0.830. The van der Waals surface area contributed by atoms with E-state index in [-0.39, 0.29) is 6.29 Å². The van der Waals surface area contributed by atoms with E-state index in [2.05, 4.69) is 0 Å². The van der Waals surface area contributed by atoms with Gasteiger partial charge in [0.15, 0.2) is 6.29 Å². The molecule has 0 aromatic rings. The average molecular weight is 227 g/mol. The third kappa shape index (κ3) is 8.72. The molecule has 5 heteroatoms. The molecule has 0 bridgehead atoms. The van der Waals surface area contributed by atoms with Crippen molar-refractivity contribution in [2.24, 2.45) is 0 Å². The highest BCUT2D eigenvalue weighted by atomic mass is 35.5. The van der Waals surface area contributed by atoms with Crippen molar-refractivity contribution >= 4 is 11.6 Å². The molecule has 14 heavy (non-hydrogen) atoms. The molecule has 0 aliphatic rings. The number of halogens is 1. The highest BCUT2D eigenvalue weighted by Crippen LogP contribution is 2.02. The van der Waals surface area contributed by atoms with E-state index in [4.69, 9.17) is 30.5 Å². The largest absolute Gasteiger partial charge is 0.382 e. The number of alkyl halides is 1. The Morgan fingerprint density at radius 2 is 1.43 bits per heavy atom. The number of ether oxygens (including phenoxy) is 4. The molecule has 0 spiro atoms. The standard InChI is InChI=1S/C9H19ClO4/c1-11-5-7-13-9(3-4-10)14-8-6-12-2/h9H,3-8H2,1-2H3. The molecule has 0 atom stereocenters. The third-order valence-electron chi connectivity index (χ3n) is 1.53. The van der Waals surface area contributed by atoms with E-state index in [0.29, 0.717) is 38.7 Å². The molecule has 0 aliphatic carbocycles. The van der Waals surface area contributed by atoms with Gasteiger partial charge >= 0.3 is 0 Å². The summed E-state index contributed by atoms with van der Waals surface area (Å²) in [5.74, 6) is 0.518. The number of rotatable bonds is 10. The highest BCUT2D eigenvalue weighted by Gasteiger charge is 2.07. The lowest BCUT2D eigenvalue weighted by Gasteiger charge is -2.17. The van der Waals surface area contributed by atoms with E-state index >= 15 is 0 Å². The molecule has 0 saturated heterocycles. The van der Waals surface area contributed by atoms with Gasteiger partial charge < -0.3 is 18.9 Å². The van der Waals surface area contributed by atoms with E-state index < -0.39 is 0 Å². The molecule has 0 N–H and O–H groups in total. The first-order valence-corrected chi connectivity index (χ1v) is 5.15. The maximum atomic E-state index is 5.60. The number of methoxy groups -OCH3 is 2. The Balaban J connectivity index is 3.44. The Bertz CT molecular complexity index is 103. The molecular formula is C9H19ClO4. The van der Waals surface area contributed by atoms with Gasteiger partial charge in [0.2, 0.25) is 0 Å². The molecule has 86 valence electrons. The van der Waals surface area contributed by atoms with Crippen molar-refractivity contribution in [3.05, 3.63) is 0 Å². The average Bonchev–Trinajstić information content (AvgIpc) is 2.18. The van der Waals surface area contributed by atoms with E-state index in [0.717, 1.165) is 0 Å². The van der Waals surface area contributed by atoms with Gasteiger partial charge in [-0.2, -0.15) is 0 Å². The first kappa shape index (κ1) is 14.1. The molecule has 0 fully saturated rings. The van der Waals surface area contributed by atoms with Gasteiger partial charge in [-0.3, -0.25) is 0 Å². The van der Waals surface area contributed by atoms with Crippen molar-refractivity contribution in [1.29, 1.82) is 0 Å². The number of hydrogen-bond acceptors (Lipinski definition) is 4. The summed E-state index contributed by atoms with van der Waals surface area (Å²) in [6.45, 7) is 2.16. The third-order valence-corrected chi connectivity index (χ3v) is 1.75. The van der Waals surface area contributed by atoms with Crippen molar-refractivity contribution in [2.75, 3.05) is 46.5 Å². The molecule has 0 amide bonds. The van der Waals surface area contributed by atoms with Crippen molar-refractivity contribution in [2.45, 2.75) is 12.7 Å². The van der Waals surface area contributed by atoms with E-state index in [1.54, 1.807) is 14.2 Å². The van der Waals surface area contributed by atoms with Gasteiger partial charge in [-0.05, 0) is 0 Å². The second kappa shape index (κ2) is 11.2. The summed E-state index contributed by atoms with van der Waals surface area (Å²) in [5, 5.41) is 0. The normalized spacial score (nSPS) is 11.1. The van der Waals surface area contributed by atoms with E-state index in [9.17, 15) is 0 Å². The van der Waals surface area contributed by atoms with Crippen LogP contribution in [0.15, 0.2) is 0 Å². The molecule has 0 aromatic carbocycles. The van der Waals surface area contributed by atoms with Gasteiger partial charge in [0.25, 0.3) is 0 Å². The maximum Gasteiger partial charge on any atom is 0.158 e. The van der Waals surface area contributed by atoms with Gasteiger partial charge in [0.05, 0.1) is 26.4 Å². The smallest absolute Gasteiger partial charge is 0.158 e. The second-order valence-corrected chi connectivity index (χ2v) is 3.01. The lowest BCUT2D eigenvalue weighted by atomic mass is 10.4. The van der Waals surface area contributed by atoms with Crippen LogP contribution < -0.4 is 0 Å². The SMILES string of the molecule is COCCOC(CCCl)OCCOC. The molecule has 0 rings (SSSR count). The summed E-state index contributed by atoms with van der Waals surface area (Å²) < 4.78 is 20.5.